The zero-order chi connectivity index (χ0) is 16.6. The molecule has 2 saturated carbocycles. The first-order valence-corrected chi connectivity index (χ1v) is 8.83. The van der Waals surface area contributed by atoms with Crippen LogP contribution < -0.4 is 0 Å². The van der Waals surface area contributed by atoms with Gasteiger partial charge in [0.1, 0.15) is 0 Å². The quantitative estimate of drug-likeness (QED) is 0.735. The fourth-order valence-electron chi connectivity index (χ4n) is 5.34. The standard InChI is InChI=1S/C20H34O2/c1-6-19(4,22)13-10-16-15(2)8-9-17-18(3,14-21)11-7-12-20(16,17)5/h6,16-17,21-22H,1-2,7-14H2,3-5H3/t16-,17?,18+,19+,20+/m0/s1. The predicted molar refractivity (Wildman–Crippen MR) is 92.6 cm³/mol. The lowest BCUT2D eigenvalue weighted by Gasteiger charge is -2.58. The average molecular weight is 306 g/mol. The van der Waals surface area contributed by atoms with Crippen LogP contribution in [0.3, 0.4) is 0 Å². The maximum Gasteiger partial charge on any atom is 0.0797 e. The maximum absolute atomic E-state index is 10.3. The average Bonchev–Trinajstić information content (AvgIpc) is 2.46. The van der Waals surface area contributed by atoms with E-state index < -0.39 is 5.60 Å². The number of aliphatic hydroxyl groups is 2. The van der Waals surface area contributed by atoms with E-state index in [4.69, 9.17) is 0 Å². The van der Waals surface area contributed by atoms with Crippen LogP contribution in [0.4, 0.5) is 0 Å². The van der Waals surface area contributed by atoms with Crippen molar-refractivity contribution in [2.75, 3.05) is 6.61 Å². The second-order valence-electron chi connectivity index (χ2n) is 8.57. The van der Waals surface area contributed by atoms with Gasteiger partial charge < -0.3 is 10.2 Å². The summed E-state index contributed by atoms with van der Waals surface area (Å²) in [5.41, 5.74) is 0.814. The van der Waals surface area contributed by atoms with Crippen LogP contribution in [0.2, 0.25) is 0 Å². The first kappa shape index (κ1) is 17.7. The minimum atomic E-state index is -0.793. The van der Waals surface area contributed by atoms with E-state index in [1.165, 1.54) is 18.4 Å². The molecule has 0 radical (unpaired) electrons. The minimum absolute atomic E-state index is 0.0485. The van der Waals surface area contributed by atoms with Crippen LogP contribution in [0.25, 0.3) is 0 Å². The summed E-state index contributed by atoms with van der Waals surface area (Å²) in [6.07, 6.45) is 9.10. The van der Waals surface area contributed by atoms with Gasteiger partial charge in [-0.15, -0.1) is 6.58 Å². The third-order valence-electron chi connectivity index (χ3n) is 6.88. The monoisotopic (exact) mass is 306 g/mol. The molecule has 126 valence electrons. The molecule has 0 aromatic rings. The minimum Gasteiger partial charge on any atom is -0.396 e. The van der Waals surface area contributed by atoms with Gasteiger partial charge in [-0.2, -0.15) is 0 Å². The Morgan fingerprint density at radius 1 is 1.36 bits per heavy atom. The molecule has 0 aromatic carbocycles. The molecule has 2 heteroatoms. The highest BCUT2D eigenvalue weighted by Crippen LogP contribution is 2.61. The summed E-state index contributed by atoms with van der Waals surface area (Å²) >= 11 is 0. The van der Waals surface area contributed by atoms with Crippen molar-refractivity contribution in [2.24, 2.45) is 22.7 Å². The van der Waals surface area contributed by atoms with E-state index in [0.29, 0.717) is 11.8 Å². The Kier molecular flexibility index (Phi) is 4.94. The molecule has 2 aliphatic rings. The lowest BCUT2D eigenvalue weighted by molar-refractivity contribution is -0.0885. The van der Waals surface area contributed by atoms with Crippen molar-refractivity contribution in [2.45, 2.75) is 71.3 Å². The molecule has 0 aromatic heterocycles. The van der Waals surface area contributed by atoms with E-state index in [0.717, 1.165) is 32.1 Å². The van der Waals surface area contributed by atoms with Crippen molar-refractivity contribution >= 4 is 0 Å². The normalized spacial score (nSPS) is 41.6. The molecule has 2 nitrogen and oxygen atoms in total. The topological polar surface area (TPSA) is 40.5 Å². The number of rotatable bonds is 5. The van der Waals surface area contributed by atoms with Crippen molar-refractivity contribution < 1.29 is 10.2 Å². The summed E-state index contributed by atoms with van der Waals surface area (Å²) < 4.78 is 0. The van der Waals surface area contributed by atoms with E-state index >= 15 is 0 Å². The predicted octanol–water partition coefficient (Wildman–Crippen LogP) is 4.47. The summed E-state index contributed by atoms with van der Waals surface area (Å²) in [5.74, 6) is 1.01. The number of hydrogen-bond acceptors (Lipinski definition) is 2. The Morgan fingerprint density at radius 2 is 2.05 bits per heavy atom. The van der Waals surface area contributed by atoms with Crippen molar-refractivity contribution in [3.8, 4) is 0 Å². The zero-order valence-corrected chi connectivity index (χ0v) is 14.7. The molecule has 0 bridgehead atoms. The Labute approximate surface area is 136 Å². The van der Waals surface area contributed by atoms with Crippen molar-refractivity contribution in [3.63, 3.8) is 0 Å². The van der Waals surface area contributed by atoms with Gasteiger partial charge in [0, 0.05) is 6.61 Å². The lowest BCUT2D eigenvalue weighted by Crippen LogP contribution is -2.52. The summed E-state index contributed by atoms with van der Waals surface area (Å²) in [4.78, 5) is 0. The highest BCUT2D eigenvalue weighted by molar-refractivity contribution is 5.16. The van der Waals surface area contributed by atoms with Crippen LogP contribution in [0.5, 0.6) is 0 Å². The molecule has 2 rings (SSSR count). The molecular weight excluding hydrogens is 272 g/mol. The highest BCUT2D eigenvalue weighted by atomic mass is 16.3. The smallest absolute Gasteiger partial charge is 0.0797 e. The number of aliphatic hydroxyl groups excluding tert-OH is 1. The molecule has 0 aliphatic heterocycles. The fraction of sp³-hybridized carbons (Fsp3) is 0.800. The number of fused-ring (bicyclic) bond motifs is 1. The summed E-state index contributed by atoms with van der Waals surface area (Å²) in [7, 11) is 0. The van der Waals surface area contributed by atoms with Crippen LogP contribution in [-0.4, -0.2) is 22.4 Å². The van der Waals surface area contributed by atoms with Gasteiger partial charge in [-0.05, 0) is 68.1 Å². The molecular formula is C20H34O2. The second kappa shape index (κ2) is 6.13. The van der Waals surface area contributed by atoms with Gasteiger partial charge in [-0.3, -0.25) is 0 Å². The van der Waals surface area contributed by atoms with Crippen LogP contribution >= 0.6 is 0 Å². The van der Waals surface area contributed by atoms with Gasteiger partial charge in [-0.1, -0.05) is 38.5 Å². The summed E-state index contributed by atoms with van der Waals surface area (Å²) in [6, 6.07) is 0. The third-order valence-corrected chi connectivity index (χ3v) is 6.88. The molecule has 1 unspecified atom stereocenters. The molecule has 0 amide bonds. The van der Waals surface area contributed by atoms with E-state index in [2.05, 4.69) is 27.0 Å². The van der Waals surface area contributed by atoms with Crippen LogP contribution in [0.1, 0.15) is 65.7 Å². The molecule has 0 heterocycles. The number of allylic oxidation sites excluding steroid dienone is 1. The molecule has 2 aliphatic carbocycles. The van der Waals surface area contributed by atoms with Gasteiger partial charge in [-0.25, -0.2) is 0 Å². The molecule has 0 spiro atoms. The lowest BCUT2D eigenvalue weighted by atomic mass is 9.46. The zero-order valence-electron chi connectivity index (χ0n) is 14.7. The van der Waals surface area contributed by atoms with E-state index in [1.54, 1.807) is 6.08 Å². The van der Waals surface area contributed by atoms with E-state index in [-0.39, 0.29) is 17.4 Å². The maximum atomic E-state index is 10.3. The van der Waals surface area contributed by atoms with E-state index in [1.807, 2.05) is 6.92 Å². The molecule has 5 atom stereocenters. The Morgan fingerprint density at radius 3 is 2.64 bits per heavy atom. The van der Waals surface area contributed by atoms with Crippen molar-refractivity contribution in [1.29, 1.82) is 0 Å². The van der Waals surface area contributed by atoms with E-state index in [9.17, 15) is 10.2 Å². The largest absolute Gasteiger partial charge is 0.396 e. The number of hydrogen-bond donors (Lipinski definition) is 2. The SMILES string of the molecule is C=C[C@@](C)(O)CC[C@H]1C(=C)CCC2[C@@](C)(CO)CCC[C@@]21C. The van der Waals surface area contributed by atoms with Crippen molar-refractivity contribution in [3.05, 3.63) is 24.8 Å². The van der Waals surface area contributed by atoms with Gasteiger partial charge in [0.05, 0.1) is 5.60 Å². The second-order valence-corrected chi connectivity index (χ2v) is 8.57. The van der Waals surface area contributed by atoms with Gasteiger partial charge in [0.15, 0.2) is 0 Å². The van der Waals surface area contributed by atoms with Crippen LogP contribution in [-0.2, 0) is 0 Å². The fourth-order valence-corrected chi connectivity index (χ4v) is 5.34. The molecule has 2 fully saturated rings. The molecule has 2 N–H and O–H groups in total. The summed E-state index contributed by atoms with van der Waals surface area (Å²) in [6.45, 7) is 14.9. The molecule has 22 heavy (non-hydrogen) atoms. The molecule has 0 saturated heterocycles. The van der Waals surface area contributed by atoms with Gasteiger partial charge in [0.25, 0.3) is 0 Å². The summed E-state index contributed by atoms with van der Waals surface area (Å²) in [5, 5.41) is 20.3. The Bertz CT molecular complexity index is 439. The Balaban J connectivity index is 2.24. The van der Waals surface area contributed by atoms with Gasteiger partial charge >= 0.3 is 0 Å². The van der Waals surface area contributed by atoms with Gasteiger partial charge in [0.2, 0.25) is 0 Å². The van der Waals surface area contributed by atoms with Crippen LogP contribution in [0.15, 0.2) is 24.8 Å². The Hall–Kier alpha value is -0.600. The first-order chi connectivity index (χ1) is 10.2. The van der Waals surface area contributed by atoms with Crippen LogP contribution in [0, 0.1) is 22.7 Å². The highest BCUT2D eigenvalue weighted by Gasteiger charge is 2.54. The third kappa shape index (κ3) is 3.05. The van der Waals surface area contributed by atoms with Crippen molar-refractivity contribution in [1.82, 2.24) is 0 Å². The first-order valence-electron chi connectivity index (χ1n) is 8.83.